The Balaban J connectivity index is 1.86. The van der Waals surface area contributed by atoms with Crippen LogP contribution in [0.3, 0.4) is 0 Å². The minimum Gasteiger partial charge on any atom is -0.207 e. The molecule has 23 heavy (non-hydrogen) atoms. The number of hydrogen-bond acceptors (Lipinski definition) is 0. The highest BCUT2D eigenvalue weighted by molar-refractivity contribution is 5.30. The number of rotatable bonds is 7. The molecule has 0 nitrogen and oxygen atoms in total. The van der Waals surface area contributed by atoms with Crippen LogP contribution < -0.4 is 0 Å². The Kier molecular flexibility index (Phi) is 6.98. The number of benzene rings is 1. The van der Waals surface area contributed by atoms with Crippen LogP contribution in [0.15, 0.2) is 6.07 Å². The summed E-state index contributed by atoms with van der Waals surface area (Å²) in [5, 5.41) is 0. The van der Waals surface area contributed by atoms with Crippen molar-refractivity contribution in [2.24, 2.45) is 5.92 Å². The van der Waals surface area contributed by atoms with Crippen LogP contribution in [0.2, 0.25) is 0 Å². The summed E-state index contributed by atoms with van der Waals surface area (Å²) in [6, 6.07) is 1.13. The molecule has 0 spiro atoms. The smallest absolute Gasteiger partial charge is 0.165 e. The van der Waals surface area contributed by atoms with Gasteiger partial charge in [0.2, 0.25) is 0 Å². The van der Waals surface area contributed by atoms with Crippen molar-refractivity contribution >= 4 is 0 Å². The first-order chi connectivity index (χ1) is 11.0. The maximum Gasteiger partial charge on any atom is 0.165 e. The van der Waals surface area contributed by atoms with E-state index in [0.29, 0.717) is 5.92 Å². The Morgan fingerprint density at radius 1 is 0.913 bits per heavy atom. The predicted molar refractivity (Wildman–Crippen MR) is 89.1 cm³/mol. The van der Waals surface area contributed by atoms with Crippen molar-refractivity contribution in [3.63, 3.8) is 0 Å². The molecule has 1 saturated carbocycles. The average molecular weight is 326 g/mol. The fourth-order valence-corrected chi connectivity index (χ4v) is 3.88. The van der Waals surface area contributed by atoms with E-state index in [1.54, 1.807) is 0 Å². The zero-order valence-electron chi connectivity index (χ0n) is 14.4. The van der Waals surface area contributed by atoms with Crippen molar-refractivity contribution in [3.05, 3.63) is 34.6 Å². The quantitative estimate of drug-likeness (QED) is 0.372. The van der Waals surface area contributed by atoms with Gasteiger partial charge in [0.25, 0.3) is 0 Å². The summed E-state index contributed by atoms with van der Waals surface area (Å²) in [6.45, 7) is 3.62. The fraction of sp³-hybridized carbons (Fsp3) is 0.700. The topological polar surface area (TPSA) is 0 Å². The van der Waals surface area contributed by atoms with E-state index < -0.39 is 17.5 Å². The molecule has 1 aromatic rings. The molecule has 130 valence electrons. The van der Waals surface area contributed by atoms with Gasteiger partial charge in [-0.2, -0.15) is 0 Å². The summed E-state index contributed by atoms with van der Waals surface area (Å²) < 4.78 is 41.9. The van der Waals surface area contributed by atoms with Crippen molar-refractivity contribution < 1.29 is 13.2 Å². The van der Waals surface area contributed by atoms with Gasteiger partial charge in [-0.1, -0.05) is 45.4 Å². The second-order valence-electron chi connectivity index (χ2n) is 7.14. The van der Waals surface area contributed by atoms with Gasteiger partial charge in [-0.3, -0.25) is 0 Å². The summed E-state index contributed by atoms with van der Waals surface area (Å²) in [4.78, 5) is 0. The molecule has 0 bridgehead atoms. The van der Waals surface area contributed by atoms with Gasteiger partial charge in [-0.05, 0) is 56.1 Å². The molecule has 0 N–H and O–H groups in total. The summed E-state index contributed by atoms with van der Waals surface area (Å²) in [5.74, 6) is -1.93. The largest absolute Gasteiger partial charge is 0.207 e. The lowest BCUT2D eigenvalue weighted by Gasteiger charge is -2.29. The highest BCUT2D eigenvalue weighted by atomic mass is 19.2. The van der Waals surface area contributed by atoms with Gasteiger partial charge in [0.1, 0.15) is 5.82 Å². The lowest BCUT2D eigenvalue weighted by molar-refractivity contribution is 0.292. The Labute approximate surface area is 138 Å². The Bertz CT molecular complexity index is 502. The molecule has 1 aromatic carbocycles. The molecule has 0 amide bonds. The van der Waals surface area contributed by atoms with Crippen LogP contribution in [0.25, 0.3) is 0 Å². The molecular weight excluding hydrogens is 297 g/mol. The van der Waals surface area contributed by atoms with Crippen molar-refractivity contribution in [3.8, 4) is 0 Å². The van der Waals surface area contributed by atoms with E-state index in [1.807, 2.05) is 0 Å². The van der Waals surface area contributed by atoms with E-state index >= 15 is 0 Å². The fourth-order valence-electron chi connectivity index (χ4n) is 3.88. The van der Waals surface area contributed by atoms with Gasteiger partial charge in [0.15, 0.2) is 11.6 Å². The van der Waals surface area contributed by atoms with E-state index in [2.05, 4.69) is 6.92 Å². The molecule has 0 saturated heterocycles. The lowest BCUT2D eigenvalue weighted by Crippen LogP contribution is -2.16. The third kappa shape index (κ3) is 4.74. The summed E-state index contributed by atoms with van der Waals surface area (Å²) in [7, 11) is 0. The van der Waals surface area contributed by atoms with Crippen molar-refractivity contribution in [2.45, 2.75) is 84.0 Å². The van der Waals surface area contributed by atoms with Crippen LogP contribution in [0, 0.1) is 30.3 Å². The van der Waals surface area contributed by atoms with Gasteiger partial charge in [-0.25, -0.2) is 13.2 Å². The van der Waals surface area contributed by atoms with E-state index in [9.17, 15) is 13.2 Å². The molecule has 0 radical (unpaired) electrons. The molecule has 1 aliphatic carbocycles. The molecule has 0 atom stereocenters. The Morgan fingerprint density at radius 2 is 1.57 bits per heavy atom. The number of unbranched alkanes of at least 4 members (excludes halogenated alkanes) is 4. The molecular formula is C20H29F3. The van der Waals surface area contributed by atoms with Gasteiger partial charge in [0.05, 0.1) is 0 Å². The van der Waals surface area contributed by atoms with Crippen molar-refractivity contribution in [1.29, 1.82) is 0 Å². The number of aryl methyl sites for hydroxylation is 1. The predicted octanol–water partition coefficient (Wildman–Crippen LogP) is 7.05. The molecule has 1 aliphatic rings. The first-order valence-corrected chi connectivity index (χ1v) is 9.18. The van der Waals surface area contributed by atoms with Gasteiger partial charge in [0, 0.05) is 5.56 Å². The van der Waals surface area contributed by atoms with Crippen LogP contribution in [0.4, 0.5) is 13.2 Å². The van der Waals surface area contributed by atoms with Crippen LogP contribution in [0.5, 0.6) is 0 Å². The van der Waals surface area contributed by atoms with Crippen LogP contribution in [-0.4, -0.2) is 0 Å². The van der Waals surface area contributed by atoms with Gasteiger partial charge in [-0.15, -0.1) is 0 Å². The maximum atomic E-state index is 14.1. The Hall–Kier alpha value is -0.990. The molecule has 0 unspecified atom stereocenters. The van der Waals surface area contributed by atoms with Crippen LogP contribution in [0.1, 0.15) is 88.2 Å². The standard InChI is InChI=1S/C20H29F3/c1-3-4-5-6-7-8-15-9-11-16(12-10-15)18-17(21)13-14(2)19(22)20(18)23/h13,15-16H,3-12H2,1-2H3/t15-,16-. The first kappa shape index (κ1) is 18.4. The van der Waals surface area contributed by atoms with Gasteiger partial charge < -0.3 is 0 Å². The number of halogens is 3. The second kappa shape index (κ2) is 8.75. The third-order valence-corrected chi connectivity index (χ3v) is 5.35. The molecule has 3 heteroatoms. The van der Waals surface area contributed by atoms with Crippen LogP contribution in [-0.2, 0) is 0 Å². The molecule has 1 fully saturated rings. The zero-order chi connectivity index (χ0) is 16.8. The van der Waals surface area contributed by atoms with Crippen molar-refractivity contribution in [1.82, 2.24) is 0 Å². The minimum absolute atomic E-state index is 0.0190. The first-order valence-electron chi connectivity index (χ1n) is 9.18. The molecule has 0 heterocycles. The number of hydrogen-bond donors (Lipinski definition) is 0. The summed E-state index contributed by atoms with van der Waals surface area (Å²) >= 11 is 0. The van der Waals surface area contributed by atoms with E-state index in [1.165, 1.54) is 45.4 Å². The molecule has 0 aliphatic heterocycles. The van der Waals surface area contributed by atoms with Crippen LogP contribution >= 0.6 is 0 Å². The zero-order valence-corrected chi connectivity index (χ0v) is 14.4. The highest BCUT2D eigenvalue weighted by Crippen LogP contribution is 2.40. The normalized spacial score (nSPS) is 21.6. The highest BCUT2D eigenvalue weighted by Gasteiger charge is 2.28. The average Bonchev–Trinajstić information content (AvgIpc) is 2.54. The molecule has 0 aromatic heterocycles. The van der Waals surface area contributed by atoms with E-state index in [4.69, 9.17) is 0 Å². The van der Waals surface area contributed by atoms with E-state index in [0.717, 1.165) is 31.7 Å². The molecule has 2 rings (SSSR count). The summed E-state index contributed by atoms with van der Waals surface area (Å²) in [6.07, 6.45) is 11.2. The van der Waals surface area contributed by atoms with Gasteiger partial charge >= 0.3 is 0 Å². The SMILES string of the molecule is CCCCCCC[C@H]1CC[C@H](c2c(F)cc(C)c(F)c2F)CC1. The Morgan fingerprint density at radius 3 is 2.22 bits per heavy atom. The van der Waals surface area contributed by atoms with E-state index in [-0.39, 0.29) is 17.0 Å². The minimum atomic E-state index is -0.967. The second-order valence-corrected chi connectivity index (χ2v) is 7.14. The van der Waals surface area contributed by atoms with Crippen molar-refractivity contribution in [2.75, 3.05) is 0 Å². The summed E-state index contributed by atoms with van der Waals surface area (Å²) in [5.41, 5.74) is 0.0269. The maximum absolute atomic E-state index is 14.1. The third-order valence-electron chi connectivity index (χ3n) is 5.35. The lowest BCUT2D eigenvalue weighted by atomic mass is 9.76. The monoisotopic (exact) mass is 326 g/mol.